The molecule has 10 nitrogen and oxygen atoms in total. The number of hydrogen-bond acceptors (Lipinski definition) is 8. The molecule has 2 rings (SSSR count). The van der Waals surface area contributed by atoms with Crippen LogP contribution >= 0.6 is 0 Å². The highest BCUT2D eigenvalue weighted by molar-refractivity contribution is 5.81. The number of alkyl carbamates (subject to hydrolysis) is 2. The molecule has 0 aromatic rings. The van der Waals surface area contributed by atoms with E-state index in [1.165, 1.54) is 0 Å². The van der Waals surface area contributed by atoms with Crippen LogP contribution in [0, 0.1) is 23.7 Å². The molecule has 2 saturated carbocycles. The summed E-state index contributed by atoms with van der Waals surface area (Å²) in [5.74, 6) is 0.978. The van der Waals surface area contributed by atoms with Gasteiger partial charge in [-0.1, -0.05) is 13.2 Å². The van der Waals surface area contributed by atoms with Crippen LogP contribution in [0.15, 0.2) is 25.3 Å². The monoisotopic (exact) mass is 480 g/mol. The van der Waals surface area contributed by atoms with Crippen molar-refractivity contribution in [2.24, 2.45) is 23.7 Å². The molecule has 0 aromatic heterocycles. The van der Waals surface area contributed by atoms with Crippen LogP contribution in [0.5, 0.6) is 0 Å². The molecule has 0 aromatic carbocycles. The summed E-state index contributed by atoms with van der Waals surface area (Å²) in [4.78, 5) is 46.0. The molecule has 0 saturated heterocycles. The topological polar surface area (TPSA) is 129 Å². The van der Waals surface area contributed by atoms with Crippen molar-refractivity contribution in [1.82, 2.24) is 10.6 Å². The van der Waals surface area contributed by atoms with Crippen LogP contribution in [0.2, 0.25) is 0 Å². The number of carbonyl (C=O) groups is 4. The van der Waals surface area contributed by atoms with Gasteiger partial charge < -0.3 is 29.6 Å². The SMILES string of the molecule is C=CC(=O)OCC(C)OC(=O)NCCC1CC2CC1CC2CNC(=O)OC(C)COC(=O)C=C. The third-order valence-electron chi connectivity index (χ3n) is 6.31. The van der Waals surface area contributed by atoms with Crippen molar-refractivity contribution in [3.8, 4) is 0 Å². The molecule has 190 valence electrons. The van der Waals surface area contributed by atoms with Gasteiger partial charge in [-0.15, -0.1) is 0 Å². The maximum Gasteiger partial charge on any atom is 0.407 e. The summed E-state index contributed by atoms with van der Waals surface area (Å²) in [7, 11) is 0. The molecule has 2 aliphatic rings. The van der Waals surface area contributed by atoms with Gasteiger partial charge in [0, 0.05) is 25.2 Å². The molecule has 2 amide bonds. The smallest absolute Gasteiger partial charge is 0.407 e. The fourth-order valence-corrected chi connectivity index (χ4v) is 4.73. The molecule has 0 aliphatic heterocycles. The third kappa shape index (κ3) is 9.07. The zero-order chi connectivity index (χ0) is 25.1. The quantitative estimate of drug-likeness (QED) is 0.234. The lowest BCUT2D eigenvalue weighted by atomic mass is 9.80. The number of esters is 2. The van der Waals surface area contributed by atoms with E-state index in [2.05, 4.69) is 23.8 Å². The largest absolute Gasteiger partial charge is 0.459 e. The molecule has 6 unspecified atom stereocenters. The summed E-state index contributed by atoms with van der Waals surface area (Å²) in [6, 6.07) is 0. The standard InChI is InChI=1S/C24H36N2O8/c1-5-21(27)31-13-15(3)33-23(29)25-8-7-17-9-19-10-18(17)11-20(19)12-26-24(30)34-16(4)14-32-22(28)6-2/h5-6,15-20H,1-2,7-14H2,3-4H3,(H,25,29)(H,26,30). The molecule has 10 heteroatoms. The van der Waals surface area contributed by atoms with Crippen molar-refractivity contribution in [1.29, 1.82) is 0 Å². The number of hydrogen-bond donors (Lipinski definition) is 2. The molecule has 0 radical (unpaired) electrons. The summed E-state index contributed by atoms with van der Waals surface area (Å²) in [5.41, 5.74) is 0. The Labute approximate surface area is 200 Å². The van der Waals surface area contributed by atoms with Gasteiger partial charge in [0.25, 0.3) is 0 Å². The lowest BCUT2D eigenvalue weighted by Crippen LogP contribution is -2.36. The molecule has 2 N–H and O–H groups in total. The van der Waals surface area contributed by atoms with Crippen molar-refractivity contribution in [2.45, 2.75) is 51.7 Å². The van der Waals surface area contributed by atoms with Crippen LogP contribution in [0.3, 0.4) is 0 Å². The van der Waals surface area contributed by atoms with E-state index in [1.54, 1.807) is 13.8 Å². The van der Waals surface area contributed by atoms with Crippen LogP contribution in [-0.4, -0.2) is 62.6 Å². The maximum atomic E-state index is 12.0. The Morgan fingerprint density at radius 2 is 1.32 bits per heavy atom. The van der Waals surface area contributed by atoms with E-state index in [0.29, 0.717) is 36.8 Å². The predicted molar refractivity (Wildman–Crippen MR) is 123 cm³/mol. The fraction of sp³-hybridized carbons (Fsp3) is 0.667. The summed E-state index contributed by atoms with van der Waals surface area (Å²) in [6.45, 7) is 11.0. The molecular formula is C24H36N2O8. The van der Waals surface area contributed by atoms with Crippen LogP contribution in [0.25, 0.3) is 0 Å². The molecule has 2 fully saturated rings. The first-order chi connectivity index (χ1) is 16.2. The van der Waals surface area contributed by atoms with Gasteiger partial charge in [-0.3, -0.25) is 0 Å². The minimum atomic E-state index is -0.557. The zero-order valence-corrected chi connectivity index (χ0v) is 20.0. The Morgan fingerprint density at radius 1 is 0.824 bits per heavy atom. The fourth-order valence-electron chi connectivity index (χ4n) is 4.73. The molecule has 0 spiro atoms. The maximum absolute atomic E-state index is 12.0. The number of nitrogens with one attached hydrogen (secondary N) is 2. The van der Waals surface area contributed by atoms with E-state index >= 15 is 0 Å². The highest BCUT2D eigenvalue weighted by atomic mass is 16.6. The second-order valence-electron chi connectivity index (χ2n) is 8.94. The van der Waals surface area contributed by atoms with Crippen LogP contribution < -0.4 is 10.6 Å². The summed E-state index contributed by atoms with van der Waals surface area (Å²) in [5, 5.41) is 5.58. The Morgan fingerprint density at radius 3 is 1.82 bits per heavy atom. The lowest BCUT2D eigenvalue weighted by molar-refractivity contribution is -0.141. The normalized spacial score (nSPS) is 24.3. The molecule has 0 heterocycles. The average molecular weight is 481 g/mol. The molecule has 2 aliphatic carbocycles. The van der Waals surface area contributed by atoms with Gasteiger partial charge in [-0.05, 0) is 63.2 Å². The van der Waals surface area contributed by atoms with Crippen LogP contribution in [0.1, 0.15) is 39.5 Å². The number of amides is 2. The highest BCUT2D eigenvalue weighted by Gasteiger charge is 2.45. The van der Waals surface area contributed by atoms with E-state index < -0.39 is 36.3 Å². The van der Waals surface area contributed by atoms with Gasteiger partial charge in [-0.25, -0.2) is 19.2 Å². The lowest BCUT2D eigenvalue weighted by Gasteiger charge is -2.28. The number of rotatable bonds is 13. The number of fused-ring (bicyclic) bond motifs is 2. The molecular weight excluding hydrogens is 444 g/mol. The van der Waals surface area contributed by atoms with Gasteiger partial charge in [-0.2, -0.15) is 0 Å². The summed E-state index contributed by atoms with van der Waals surface area (Å²) >= 11 is 0. The molecule has 2 bridgehead atoms. The van der Waals surface area contributed by atoms with Crippen LogP contribution in [-0.2, 0) is 28.5 Å². The number of carbonyl (C=O) groups excluding carboxylic acids is 4. The van der Waals surface area contributed by atoms with Gasteiger partial charge in [0.15, 0.2) is 0 Å². The first-order valence-corrected chi connectivity index (χ1v) is 11.7. The second-order valence-corrected chi connectivity index (χ2v) is 8.94. The summed E-state index contributed by atoms with van der Waals surface area (Å²) < 4.78 is 20.1. The minimum Gasteiger partial charge on any atom is -0.459 e. The second kappa shape index (κ2) is 13.6. The van der Waals surface area contributed by atoms with Crippen molar-refractivity contribution in [3.05, 3.63) is 25.3 Å². The Hall–Kier alpha value is -3.04. The molecule has 6 atom stereocenters. The van der Waals surface area contributed by atoms with Gasteiger partial charge in [0.1, 0.15) is 25.4 Å². The van der Waals surface area contributed by atoms with E-state index in [9.17, 15) is 19.2 Å². The van der Waals surface area contributed by atoms with Crippen LogP contribution in [0.4, 0.5) is 9.59 Å². The Kier molecular flexibility index (Phi) is 10.9. The van der Waals surface area contributed by atoms with Gasteiger partial charge in [0.05, 0.1) is 0 Å². The highest BCUT2D eigenvalue weighted by Crippen LogP contribution is 2.52. The third-order valence-corrected chi connectivity index (χ3v) is 6.31. The minimum absolute atomic E-state index is 0.0165. The van der Waals surface area contributed by atoms with E-state index in [1.807, 2.05) is 0 Å². The van der Waals surface area contributed by atoms with Crippen molar-refractivity contribution < 1.29 is 38.1 Å². The van der Waals surface area contributed by atoms with Gasteiger partial charge >= 0.3 is 24.1 Å². The van der Waals surface area contributed by atoms with Crippen molar-refractivity contribution >= 4 is 24.1 Å². The average Bonchev–Trinajstić information content (AvgIpc) is 3.39. The first kappa shape index (κ1) is 27.2. The number of ether oxygens (including phenoxy) is 4. The van der Waals surface area contributed by atoms with Crippen molar-refractivity contribution in [2.75, 3.05) is 26.3 Å². The first-order valence-electron chi connectivity index (χ1n) is 11.7. The predicted octanol–water partition coefficient (Wildman–Crippen LogP) is 2.73. The van der Waals surface area contributed by atoms with E-state index in [0.717, 1.165) is 37.8 Å². The Balaban J connectivity index is 1.57. The zero-order valence-electron chi connectivity index (χ0n) is 20.0. The van der Waals surface area contributed by atoms with E-state index in [-0.39, 0.29) is 13.2 Å². The van der Waals surface area contributed by atoms with Gasteiger partial charge in [0.2, 0.25) is 0 Å². The van der Waals surface area contributed by atoms with E-state index in [4.69, 9.17) is 18.9 Å². The Bertz CT molecular complexity index is 755. The molecule has 34 heavy (non-hydrogen) atoms. The summed E-state index contributed by atoms with van der Waals surface area (Å²) in [6.07, 6.45) is 4.11. The van der Waals surface area contributed by atoms with Crippen molar-refractivity contribution in [3.63, 3.8) is 0 Å².